The van der Waals surface area contributed by atoms with Crippen molar-refractivity contribution < 1.29 is 4.79 Å². The molecule has 4 rings (SSSR count). The Labute approximate surface area is 162 Å². The van der Waals surface area contributed by atoms with E-state index in [1.165, 1.54) is 22.9 Å². The summed E-state index contributed by atoms with van der Waals surface area (Å²) in [5.74, 6) is 0.00309. The van der Waals surface area contributed by atoms with Gasteiger partial charge in [-0.3, -0.25) is 4.79 Å². The summed E-state index contributed by atoms with van der Waals surface area (Å²) in [6.07, 6.45) is 2.11. The van der Waals surface area contributed by atoms with E-state index in [-0.39, 0.29) is 5.91 Å². The van der Waals surface area contributed by atoms with Crippen molar-refractivity contribution in [3.8, 4) is 5.69 Å². The largest absolute Gasteiger partial charge is 0.352 e. The van der Waals surface area contributed by atoms with Crippen LogP contribution in [-0.4, -0.2) is 32.2 Å². The lowest BCUT2D eigenvalue weighted by molar-refractivity contribution is -0.120. The lowest BCUT2D eigenvalue weighted by atomic mass is 10.1. The Kier molecular flexibility index (Phi) is 4.94. The van der Waals surface area contributed by atoms with E-state index < -0.39 is 5.25 Å². The summed E-state index contributed by atoms with van der Waals surface area (Å²) in [6, 6.07) is 16.2. The SMILES string of the molecule is Cc1ccc(-n2nnnc2S[C@H](C(=O)NC2CC2)c2ccccc2)cc1C. The molecule has 1 aliphatic carbocycles. The van der Waals surface area contributed by atoms with Crippen LogP contribution in [0.1, 0.15) is 34.8 Å². The van der Waals surface area contributed by atoms with Gasteiger partial charge < -0.3 is 5.32 Å². The van der Waals surface area contributed by atoms with Crippen molar-refractivity contribution in [3.63, 3.8) is 0 Å². The molecule has 6 nitrogen and oxygen atoms in total. The first kappa shape index (κ1) is 17.7. The first-order valence-electron chi connectivity index (χ1n) is 9.00. The van der Waals surface area contributed by atoms with E-state index in [9.17, 15) is 4.79 Å². The predicted molar refractivity (Wildman–Crippen MR) is 105 cm³/mol. The molecule has 1 fully saturated rings. The highest BCUT2D eigenvalue weighted by Crippen LogP contribution is 2.36. The van der Waals surface area contributed by atoms with E-state index in [1.807, 2.05) is 36.4 Å². The van der Waals surface area contributed by atoms with Crippen LogP contribution in [0.5, 0.6) is 0 Å². The van der Waals surface area contributed by atoms with Gasteiger partial charge in [-0.25, -0.2) is 0 Å². The molecule has 1 aromatic heterocycles. The molecule has 2 aromatic carbocycles. The third-order valence-corrected chi connectivity index (χ3v) is 5.85. The van der Waals surface area contributed by atoms with Crippen LogP contribution in [0.3, 0.4) is 0 Å². The average Bonchev–Trinajstić information content (AvgIpc) is 3.37. The second kappa shape index (κ2) is 7.52. The number of nitrogens with one attached hydrogen (secondary N) is 1. The van der Waals surface area contributed by atoms with Crippen LogP contribution in [0.25, 0.3) is 5.69 Å². The number of thioether (sulfide) groups is 1. The molecule has 1 saturated carbocycles. The number of hydrogen-bond donors (Lipinski definition) is 1. The van der Waals surface area contributed by atoms with Gasteiger partial charge in [0.1, 0.15) is 5.25 Å². The zero-order valence-electron chi connectivity index (χ0n) is 15.3. The molecule has 1 heterocycles. The molecule has 0 unspecified atom stereocenters. The number of benzene rings is 2. The van der Waals surface area contributed by atoms with E-state index in [2.05, 4.69) is 46.8 Å². The van der Waals surface area contributed by atoms with Crippen LogP contribution in [0.4, 0.5) is 0 Å². The van der Waals surface area contributed by atoms with Crippen molar-refractivity contribution >= 4 is 17.7 Å². The Balaban J connectivity index is 1.64. The van der Waals surface area contributed by atoms with Crippen LogP contribution in [0.2, 0.25) is 0 Å². The molecule has 1 N–H and O–H groups in total. The van der Waals surface area contributed by atoms with Crippen molar-refractivity contribution in [1.29, 1.82) is 0 Å². The Morgan fingerprint density at radius 2 is 1.93 bits per heavy atom. The fourth-order valence-electron chi connectivity index (χ4n) is 2.78. The Morgan fingerprint density at radius 3 is 2.63 bits per heavy atom. The monoisotopic (exact) mass is 379 g/mol. The Hall–Kier alpha value is -2.67. The highest BCUT2D eigenvalue weighted by Gasteiger charge is 2.30. The first-order chi connectivity index (χ1) is 13.1. The van der Waals surface area contributed by atoms with E-state index in [0.717, 1.165) is 24.1 Å². The van der Waals surface area contributed by atoms with Gasteiger partial charge in [-0.2, -0.15) is 4.68 Å². The first-order valence-corrected chi connectivity index (χ1v) is 9.88. The second-order valence-corrected chi connectivity index (χ2v) is 7.91. The molecule has 3 aromatic rings. The van der Waals surface area contributed by atoms with Gasteiger partial charge in [0.25, 0.3) is 0 Å². The maximum Gasteiger partial charge on any atom is 0.238 e. The molecule has 1 aliphatic rings. The molecule has 27 heavy (non-hydrogen) atoms. The fraction of sp³-hybridized carbons (Fsp3) is 0.300. The fourth-order valence-corrected chi connectivity index (χ4v) is 3.79. The summed E-state index contributed by atoms with van der Waals surface area (Å²) in [6.45, 7) is 4.13. The molecule has 0 spiro atoms. The van der Waals surface area contributed by atoms with Gasteiger partial charge in [-0.15, -0.1) is 5.10 Å². The van der Waals surface area contributed by atoms with Crippen LogP contribution in [0, 0.1) is 13.8 Å². The molecule has 7 heteroatoms. The lowest BCUT2D eigenvalue weighted by Crippen LogP contribution is -2.29. The molecule has 1 amide bonds. The van der Waals surface area contributed by atoms with Crippen molar-refractivity contribution in [3.05, 3.63) is 65.2 Å². The van der Waals surface area contributed by atoms with Crippen LogP contribution < -0.4 is 5.32 Å². The summed E-state index contributed by atoms with van der Waals surface area (Å²) in [5, 5.41) is 15.5. The summed E-state index contributed by atoms with van der Waals surface area (Å²) >= 11 is 1.37. The normalized spacial score (nSPS) is 14.7. The maximum atomic E-state index is 12.9. The predicted octanol–water partition coefficient (Wildman–Crippen LogP) is 3.39. The van der Waals surface area contributed by atoms with E-state index in [0.29, 0.717) is 11.2 Å². The summed E-state index contributed by atoms with van der Waals surface area (Å²) in [5.41, 5.74) is 4.22. The van der Waals surface area contributed by atoms with Gasteiger partial charge in [0.05, 0.1) is 5.69 Å². The number of hydrogen-bond acceptors (Lipinski definition) is 5. The molecular formula is C20H21N5OS. The van der Waals surface area contributed by atoms with Gasteiger partial charge in [-0.1, -0.05) is 48.2 Å². The van der Waals surface area contributed by atoms with Crippen LogP contribution in [0.15, 0.2) is 53.7 Å². The van der Waals surface area contributed by atoms with E-state index in [4.69, 9.17) is 0 Å². The standard InChI is InChI=1S/C20H21N5OS/c1-13-8-11-17(12-14(13)2)25-20(22-23-24-25)27-18(15-6-4-3-5-7-15)19(26)21-16-9-10-16/h3-8,11-12,16,18H,9-10H2,1-2H3,(H,21,26)/t18-/m0/s1. The molecule has 0 bridgehead atoms. The Morgan fingerprint density at radius 1 is 1.15 bits per heavy atom. The highest BCUT2D eigenvalue weighted by molar-refractivity contribution is 8.00. The molecule has 1 atom stereocenters. The van der Waals surface area contributed by atoms with Crippen molar-refractivity contribution in [1.82, 2.24) is 25.5 Å². The number of nitrogens with zero attached hydrogens (tertiary/aromatic N) is 4. The third kappa shape index (κ3) is 4.03. The number of carbonyl (C=O) groups is 1. The van der Waals surface area contributed by atoms with E-state index >= 15 is 0 Å². The zero-order valence-corrected chi connectivity index (χ0v) is 16.1. The summed E-state index contributed by atoms with van der Waals surface area (Å²) in [7, 11) is 0. The quantitative estimate of drug-likeness (QED) is 0.665. The summed E-state index contributed by atoms with van der Waals surface area (Å²) < 4.78 is 1.69. The third-order valence-electron chi connectivity index (χ3n) is 4.66. The summed E-state index contributed by atoms with van der Waals surface area (Å²) in [4.78, 5) is 12.9. The van der Waals surface area contributed by atoms with Gasteiger partial charge in [-0.05, 0) is 65.9 Å². The number of rotatable bonds is 6. The number of tetrazole rings is 1. The van der Waals surface area contributed by atoms with Gasteiger partial charge in [0.2, 0.25) is 11.1 Å². The second-order valence-electron chi connectivity index (χ2n) is 6.83. The molecule has 0 saturated heterocycles. The van der Waals surface area contributed by atoms with Crippen LogP contribution >= 0.6 is 11.8 Å². The minimum atomic E-state index is -0.400. The van der Waals surface area contributed by atoms with Crippen molar-refractivity contribution in [2.45, 2.75) is 43.1 Å². The molecule has 0 aliphatic heterocycles. The Bertz CT molecular complexity index is 952. The minimum absolute atomic E-state index is 0.00309. The van der Waals surface area contributed by atoms with Gasteiger partial charge in [0.15, 0.2) is 0 Å². The van der Waals surface area contributed by atoms with Crippen molar-refractivity contribution in [2.24, 2.45) is 0 Å². The van der Waals surface area contributed by atoms with Gasteiger partial charge >= 0.3 is 0 Å². The topological polar surface area (TPSA) is 72.7 Å². The number of aromatic nitrogens is 4. The van der Waals surface area contributed by atoms with Crippen molar-refractivity contribution in [2.75, 3.05) is 0 Å². The number of amides is 1. The molecular weight excluding hydrogens is 358 g/mol. The zero-order chi connectivity index (χ0) is 18.8. The molecule has 0 radical (unpaired) electrons. The smallest absolute Gasteiger partial charge is 0.238 e. The van der Waals surface area contributed by atoms with E-state index in [1.54, 1.807) is 4.68 Å². The van der Waals surface area contributed by atoms with Gasteiger partial charge in [0, 0.05) is 6.04 Å². The van der Waals surface area contributed by atoms with Crippen LogP contribution in [-0.2, 0) is 4.79 Å². The lowest BCUT2D eigenvalue weighted by Gasteiger charge is -2.16. The highest BCUT2D eigenvalue weighted by atomic mass is 32.2. The maximum absolute atomic E-state index is 12.9. The molecule has 138 valence electrons. The number of carbonyl (C=O) groups excluding carboxylic acids is 1. The average molecular weight is 379 g/mol. The minimum Gasteiger partial charge on any atom is -0.352 e. The number of aryl methyl sites for hydroxylation is 2.